The first kappa shape index (κ1) is 13.2. The lowest BCUT2D eigenvalue weighted by molar-refractivity contribution is 0.617. The van der Waals surface area contributed by atoms with E-state index in [2.05, 4.69) is 20.5 Å². The molecule has 0 aliphatic carbocycles. The second-order valence-electron chi connectivity index (χ2n) is 4.14. The molecule has 0 aliphatic rings. The van der Waals surface area contributed by atoms with Gasteiger partial charge in [0.15, 0.2) is 0 Å². The van der Waals surface area contributed by atoms with Crippen LogP contribution >= 0.6 is 0 Å². The van der Waals surface area contributed by atoms with Crippen molar-refractivity contribution in [3.63, 3.8) is 0 Å². The van der Waals surface area contributed by atoms with Gasteiger partial charge in [0.25, 0.3) is 0 Å². The number of H-pyrrole nitrogens is 1. The molecule has 2 N–H and O–H groups in total. The predicted molar refractivity (Wildman–Crippen MR) is 67.5 cm³/mol. The Morgan fingerprint density at radius 1 is 1.42 bits per heavy atom. The average molecular weight is 259 g/mol. The van der Waals surface area contributed by atoms with Crippen molar-refractivity contribution in [2.75, 3.05) is 6.54 Å². The van der Waals surface area contributed by atoms with Gasteiger partial charge in [-0.05, 0) is 30.7 Å². The van der Waals surface area contributed by atoms with Crippen molar-refractivity contribution in [1.82, 2.24) is 20.5 Å². The van der Waals surface area contributed by atoms with Crippen LogP contribution < -0.4 is 5.32 Å². The summed E-state index contributed by atoms with van der Waals surface area (Å²) in [6.45, 7) is 1.44. The normalized spacial score (nSPS) is 10.3. The van der Waals surface area contributed by atoms with Crippen molar-refractivity contribution < 1.29 is 4.39 Å². The highest BCUT2D eigenvalue weighted by atomic mass is 19.1. The van der Waals surface area contributed by atoms with Gasteiger partial charge in [-0.3, -0.25) is 5.10 Å². The Bertz CT molecular complexity index is 559. The summed E-state index contributed by atoms with van der Waals surface area (Å²) >= 11 is 0. The number of aromatic amines is 1. The van der Waals surface area contributed by atoms with Gasteiger partial charge in [-0.2, -0.15) is 10.4 Å². The van der Waals surface area contributed by atoms with Crippen LogP contribution in [0.3, 0.4) is 0 Å². The number of halogens is 1. The van der Waals surface area contributed by atoms with E-state index in [4.69, 9.17) is 5.26 Å². The maximum atomic E-state index is 13.1. The highest BCUT2D eigenvalue weighted by Gasteiger charge is 2.02. The first-order chi connectivity index (χ1) is 9.29. The molecule has 19 heavy (non-hydrogen) atoms. The van der Waals surface area contributed by atoms with E-state index in [0.717, 1.165) is 30.8 Å². The van der Waals surface area contributed by atoms with Crippen LogP contribution in [0.15, 0.2) is 24.5 Å². The van der Waals surface area contributed by atoms with E-state index >= 15 is 0 Å². The maximum Gasteiger partial charge on any atom is 0.140 e. The Morgan fingerprint density at radius 2 is 2.32 bits per heavy atom. The molecule has 1 aromatic heterocycles. The molecule has 2 rings (SSSR count). The Hall–Kier alpha value is -2.26. The second kappa shape index (κ2) is 6.61. The Balaban J connectivity index is 1.72. The SMILES string of the molecule is N#Cc1cc(CNCCCc2ncn[nH]2)ccc1F. The third-order valence-electron chi connectivity index (χ3n) is 2.71. The summed E-state index contributed by atoms with van der Waals surface area (Å²) < 4.78 is 13.1. The molecule has 0 spiro atoms. The second-order valence-corrected chi connectivity index (χ2v) is 4.14. The number of rotatable bonds is 6. The largest absolute Gasteiger partial charge is 0.313 e. The van der Waals surface area contributed by atoms with Gasteiger partial charge in [0.05, 0.1) is 5.56 Å². The highest BCUT2D eigenvalue weighted by molar-refractivity contribution is 5.34. The summed E-state index contributed by atoms with van der Waals surface area (Å²) in [6.07, 6.45) is 3.26. The number of nitrogens with zero attached hydrogens (tertiary/aromatic N) is 3. The molecule has 6 heteroatoms. The minimum Gasteiger partial charge on any atom is -0.313 e. The summed E-state index contributed by atoms with van der Waals surface area (Å²) in [6, 6.07) is 6.41. The molecule has 0 fully saturated rings. The van der Waals surface area contributed by atoms with Gasteiger partial charge >= 0.3 is 0 Å². The molecule has 0 bridgehead atoms. The summed E-state index contributed by atoms with van der Waals surface area (Å²) in [5, 5.41) is 18.5. The molecule has 0 aliphatic heterocycles. The zero-order chi connectivity index (χ0) is 13.5. The lowest BCUT2D eigenvalue weighted by Gasteiger charge is -2.05. The fraction of sp³-hybridized carbons (Fsp3) is 0.308. The number of nitriles is 1. The summed E-state index contributed by atoms with van der Waals surface area (Å²) in [5.41, 5.74) is 0.985. The first-order valence-electron chi connectivity index (χ1n) is 6.03. The standard InChI is InChI=1S/C13H14FN5/c14-12-4-3-10(6-11(12)7-15)8-16-5-1-2-13-17-9-18-19-13/h3-4,6,9,16H,1-2,5,8H2,(H,17,18,19). The van der Waals surface area contributed by atoms with Crippen molar-refractivity contribution in [2.24, 2.45) is 0 Å². The predicted octanol–water partition coefficient (Wildman–Crippen LogP) is 1.54. The van der Waals surface area contributed by atoms with Crippen LogP contribution in [-0.4, -0.2) is 21.7 Å². The fourth-order valence-corrected chi connectivity index (χ4v) is 1.73. The quantitative estimate of drug-likeness (QED) is 0.771. The minimum absolute atomic E-state index is 0.0842. The van der Waals surface area contributed by atoms with E-state index in [9.17, 15) is 4.39 Å². The Labute approximate surface area is 110 Å². The van der Waals surface area contributed by atoms with Crippen molar-refractivity contribution in [2.45, 2.75) is 19.4 Å². The van der Waals surface area contributed by atoms with Crippen molar-refractivity contribution >= 4 is 0 Å². The number of hydrogen-bond donors (Lipinski definition) is 2. The first-order valence-corrected chi connectivity index (χ1v) is 6.03. The molecule has 2 aromatic rings. The van der Waals surface area contributed by atoms with E-state index in [1.807, 2.05) is 6.07 Å². The third kappa shape index (κ3) is 3.86. The third-order valence-corrected chi connectivity index (χ3v) is 2.71. The van der Waals surface area contributed by atoms with Gasteiger partial charge in [0.2, 0.25) is 0 Å². The number of hydrogen-bond acceptors (Lipinski definition) is 4. The Morgan fingerprint density at radius 3 is 3.05 bits per heavy atom. The average Bonchev–Trinajstić information content (AvgIpc) is 2.93. The zero-order valence-electron chi connectivity index (χ0n) is 10.4. The maximum absolute atomic E-state index is 13.1. The summed E-state index contributed by atoms with van der Waals surface area (Å²) in [4.78, 5) is 4.03. The molecule has 0 unspecified atom stereocenters. The van der Waals surface area contributed by atoms with Crippen molar-refractivity contribution in [1.29, 1.82) is 5.26 Å². The summed E-state index contributed by atoms with van der Waals surface area (Å²) in [7, 11) is 0. The van der Waals surface area contributed by atoms with Crippen LogP contribution in [0.1, 0.15) is 23.4 Å². The number of benzene rings is 1. The van der Waals surface area contributed by atoms with E-state index in [0.29, 0.717) is 6.54 Å². The van der Waals surface area contributed by atoms with Gasteiger partial charge in [0.1, 0.15) is 24.0 Å². The molecule has 5 nitrogen and oxygen atoms in total. The van der Waals surface area contributed by atoms with E-state index in [1.54, 1.807) is 12.1 Å². The van der Waals surface area contributed by atoms with Crippen molar-refractivity contribution in [3.8, 4) is 6.07 Å². The van der Waals surface area contributed by atoms with Crippen LogP contribution in [0.2, 0.25) is 0 Å². The van der Waals surface area contributed by atoms with E-state index in [1.165, 1.54) is 12.4 Å². The van der Waals surface area contributed by atoms with Crippen LogP contribution in [0.25, 0.3) is 0 Å². The van der Waals surface area contributed by atoms with Gasteiger partial charge in [-0.25, -0.2) is 9.37 Å². The molecule has 1 heterocycles. The fourth-order valence-electron chi connectivity index (χ4n) is 1.73. The van der Waals surface area contributed by atoms with Crippen LogP contribution in [0, 0.1) is 17.1 Å². The minimum atomic E-state index is -0.475. The van der Waals surface area contributed by atoms with Gasteiger partial charge in [-0.15, -0.1) is 0 Å². The lowest BCUT2D eigenvalue weighted by Crippen LogP contribution is -2.15. The van der Waals surface area contributed by atoms with Crippen LogP contribution in [-0.2, 0) is 13.0 Å². The number of nitrogens with one attached hydrogen (secondary N) is 2. The zero-order valence-corrected chi connectivity index (χ0v) is 10.4. The highest BCUT2D eigenvalue weighted by Crippen LogP contribution is 2.09. The molecule has 1 aromatic carbocycles. The molecular weight excluding hydrogens is 245 g/mol. The van der Waals surface area contributed by atoms with Gasteiger partial charge in [0, 0.05) is 13.0 Å². The number of aromatic nitrogens is 3. The van der Waals surface area contributed by atoms with Crippen LogP contribution in [0.5, 0.6) is 0 Å². The molecule has 98 valence electrons. The smallest absolute Gasteiger partial charge is 0.140 e. The van der Waals surface area contributed by atoms with Gasteiger partial charge in [-0.1, -0.05) is 6.07 Å². The van der Waals surface area contributed by atoms with Gasteiger partial charge < -0.3 is 5.32 Å². The summed E-state index contributed by atoms with van der Waals surface area (Å²) in [5.74, 6) is 0.395. The van der Waals surface area contributed by atoms with Crippen molar-refractivity contribution in [3.05, 3.63) is 47.3 Å². The molecular formula is C13H14FN5. The monoisotopic (exact) mass is 259 g/mol. The molecule has 0 saturated heterocycles. The number of aryl methyl sites for hydroxylation is 1. The lowest BCUT2D eigenvalue weighted by atomic mass is 10.1. The molecule has 0 amide bonds. The molecule has 0 radical (unpaired) electrons. The molecule has 0 atom stereocenters. The topological polar surface area (TPSA) is 77.4 Å². The van der Waals surface area contributed by atoms with E-state index in [-0.39, 0.29) is 5.56 Å². The van der Waals surface area contributed by atoms with E-state index < -0.39 is 5.82 Å². The molecule has 0 saturated carbocycles. The Kier molecular flexibility index (Phi) is 4.59. The van der Waals surface area contributed by atoms with Crippen LogP contribution in [0.4, 0.5) is 4.39 Å².